The summed E-state index contributed by atoms with van der Waals surface area (Å²) in [4.78, 5) is 18.8. The molecule has 1 amide bonds. The largest absolute Gasteiger partial charge is 0.612 e. The third-order valence-electron chi connectivity index (χ3n) is 8.83. The van der Waals surface area contributed by atoms with E-state index < -0.39 is 11.2 Å². The highest BCUT2D eigenvalue weighted by Gasteiger charge is 2.26. The summed E-state index contributed by atoms with van der Waals surface area (Å²) in [5, 5.41) is 12.3. The average Bonchev–Trinajstić information content (AvgIpc) is 3.06. The van der Waals surface area contributed by atoms with E-state index in [1.54, 1.807) is 24.3 Å². The van der Waals surface area contributed by atoms with Gasteiger partial charge in [0.05, 0.1) is 28.8 Å². The van der Waals surface area contributed by atoms with Crippen molar-refractivity contribution in [2.24, 2.45) is 0 Å². The summed E-state index contributed by atoms with van der Waals surface area (Å²) in [6.45, 7) is 3.29. The number of fused-ring (bicyclic) bond motifs is 1. The molecule has 0 unspecified atom stereocenters. The summed E-state index contributed by atoms with van der Waals surface area (Å²) >= 11 is 11.6. The molecular weight excluding hydrogens is 661 g/mol. The monoisotopic (exact) mass is 697 g/mol. The molecule has 46 heavy (non-hydrogen) atoms. The van der Waals surface area contributed by atoms with Crippen molar-refractivity contribution >= 4 is 63.5 Å². The minimum atomic E-state index is -1.10. The molecule has 242 valence electrons. The molecule has 1 aliphatic rings. The molecule has 1 heterocycles. The molecule has 1 aliphatic heterocycles. The highest BCUT2D eigenvalue weighted by molar-refractivity contribution is 7.90. The van der Waals surface area contributed by atoms with Gasteiger partial charge in [-0.3, -0.25) is 4.79 Å². The average molecular weight is 699 g/mol. The van der Waals surface area contributed by atoms with E-state index in [1.807, 2.05) is 67.7 Å². The molecule has 1 saturated heterocycles. The van der Waals surface area contributed by atoms with Crippen LogP contribution in [0.1, 0.15) is 58.1 Å². The van der Waals surface area contributed by atoms with Crippen LogP contribution < -0.4 is 4.74 Å². The molecule has 4 aromatic rings. The van der Waals surface area contributed by atoms with Crippen molar-refractivity contribution in [3.8, 4) is 11.8 Å². The maximum atomic E-state index is 13.8. The molecule has 0 aromatic heterocycles. The lowest BCUT2D eigenvalue weighted by Crippen LogP contribution is -2.36. The fraction of sp³-hybridized carbons (Fsp3) is 0.333. The second-order valence-electron chi connectivity index (χ2n) is 11.7. The van der Waals surface area contributed by atoms with Gasteiger partial charge >= 0.3 is 0 Å². The first-order chi connectivity index (χ1) is 21.7. The number of ether oxygens (including phenoxy) is 1. The zero-order valence-corrected chi connectivity index (χ0v) is 29.3. The van der Waals surface area contributed by atoms with Gasteiger partial charge in [-0.05, 0) is 114 Å². The van der Waals surface area contributed by atoms with E-state index in [1.165, 1.54) is 5.56 Å². The van der Waals surface area contributed by atoms with Crippen molar-refractivity contribution in [2.75, 3.05) is 46.6 Å². The number of carbonyl (C=O) groups excluding carboxylic acids is 1. The van der Waals surface area contributed by atoms with Gasteiger partial charge in [0.2, 0.25) is 0 Å². The zero-order valence-electron chi connectivity index (χ0n) is 26.2. The van der Waals surface area contributed by atoms with Crippen LogP contribution in [0, 0.1) is 11.3 Å². The van der Waals surface area contributed by atoms with Crippen molar-refractivity contribution in [2.45, 2.75) is 36.0 Å². The number of methoxy groups -OCH3 is 1. The Hall–Kier alpha value is -2.96. The van der Waals surface area contributed by atoms with Gasteiger partial charge in [-0.25, -0.2) is 0 Å². The number of hydrogen-bond acceptors (Lipinski definition) is 5. The van der Waals surface area contributed by atoms with Gasteiger partial charge in [0, 0.05) is 25.1 Å². The smallest absolute Gasteiger partial charge is 0.254 e. The molecule has 0 N–H and O–H groups in total. The van der Waals surface area contributed by atoms with E-state index in [9.17, 15) is 14.6 Å². The lowest BCUT2D eigenvalue weighted by atomic mass is 9.88. The topological polar surface area (TPSA) is 79.6 Å². The van der Waals surface area contributed by atoms with Crippen LogP contribution in [0.2, 0.25) is 10.0 Å². The number of piperidine rings is 1. The summed E-state index contributed by atoms with van der Waals surface area (Å²) in [5.41, 5.74) is 3.25. The number of halogens is 3. The van der Waals surface area contributed by atoms with Crippen LogP contribution >= 0.6 is 35.6 Å². The Labute approximate surface area is 290 Å². The van der Waals surface area contributed by atoms with Gasteiger partial charge in [-0.2, -0.15) is 5.26 Å². The first-order valence-corrected chi connectivity index (χ1v) is 17.4. The van der Waals surface area contributed by atoms with Crippen molar-refractivity contribution in [3.05, 3.63) is 105 Å². The predicted molar refractivity (Wildman–Crippen MR) is 190 cm³/mol. The number of benzene rings is 4. The summed E-state index contributed by atoms with van der Waals surface area (Å²) in [6, 6.07) is 25.1. The van der Waals surface area contributed by atoms with E-state index in [4.69, 9.17) is 27.9 Å². The first-order valence-electron chi connectivity index (χ1n) is 15.1. The number of nitrogens with zero attached hydrogens (tertiary/aromatic N) is 3. The van der Waals surface area contributed by atoms with Crippen molar-refractivity contribution in [1.82, 2.24) is 9.80 Å². The van der Waals surface area contributed by atoms with E-state index in [0.717, 1.165) is 60.1 Å². The molecule has 0 radical (unpaired) electrons. The summed E-state index contributed by atoms with van der Waals surface area (Å²) in [7, 11) is 3.44. The van der Waals surface area contributed by atoms with E-state index in [-0.39, 0.29) is 24.2 Å². The molecular formula is C36H38Cl3N3O3S. The van der Waals surface area contributed by atoms with Gasteiger partial charge in [0.25, 0.3) is 5.91 Å². The summed E-state index contributed by atoms with van der Waals surface area (Å²) in [6.07, 6.45) is 4.55. The standard InChI is InChI=1S/C36H37Cl2N3O3S.ClH/c1-40(36(42)31-19-24(22-39)18-28-6-4-5-7-30(28)31)23-29(26-8-10-32(37)33(38)20-26)14-17-41-15-12-25(13-16-41)27-9-11-35(45(3)43)34(21-27)44-2;/h4-11,18-21,25,29H,12-17,23H2,1-3H3;1H/t29-,45-;/m1./s1. The van der Waals surface area contributed by atoms with E-state index in [2.05, 4.69) is 17.0 Å². The van der Waals surface area contributed by atoms with Gasteiger partial charge in [-0.1, -0.05) is 59.6 Å². The zero-order chi connectivity index (χ0) is 32.1. The van der Waals surface area contributed by atoms with E-state index in [0.29, 0.717) is 39.4 Å². The number of likely N-dealkylation sites (tertiary alicyclic amines) is 1. The lowest BCUT2D eigenvalue weighted by Gasteiger charge is -2.34. The summed E-state index contributed by atoms with van der Waals surface area (Å²) < 4.78 is 17.6. The number of likely N-dealkylation sites (N-methyl/N-ethyl adjacent to an activating group) is 1. The Morgan fingerprint density at radius 2 is 1.83 bits per heavy atom. The Balaban J connectivity index is 0.00000480. The minimum absolute atomic E-state index is 0. The van der Waals surface area contributed by atoms with Crippen LogP contribution in [0.5, 0.6) is 5.75 Å². The highest BCUT2D eigenvalue weighted by atomic mass is 35.5. The second-order valence-corrected chi connectivity index (χ2v) is 13.8. The highest BCUT2D eigenvalue weighted by Crippen LogP contribution is 2.35. The molecule has 5 rings (SSSR count). The van der Waals surface area contributed by atoms with Crippen molar-refractivity contribution in [1.29, 1.82) is 5.26 Å². The molecule has 0 aliphatic carbocycles. The molecule has 2 atom stereocenters. The lowest BCUT2D eigenvalue weighted by molar-refractivity contribution is 0.0783. The molecule has 0 bridgehead atoms. The fourth-order valence-corrected chi connectivity index (χ4v) is 7.30. The van der Waals surface area contributed by atoms with Crippen LogP contribution in [-0.2, 0) is 11.2 Å². The van der Waals surface area contributed by atoms with Gasteiger partial charge in [-0.15, -0.1) is 12.4 Å². The maximum absolute atomic E-state index is 13.8. The predicted octanol–water partition coefficient (Wildman–Crippen LogP) is 8.31. The maximum Gasteiger partial charge on any atom is 0.254 e. The third-order valence-corrected chi connectivity index (χ3v) is 10.5. The quantitative estimate of drug-likeness (QED) is 0.156. The molecule has 6 nitrogen and oxygen atoms in total. The fourth-order valence-electron chi connectivity index (χ4n) is 6.30. The number of carbonyl (C=O) groups is 1. The first kappa shape index (κ1) is 35.9. The normalized spacial score (nSPS) is 15.1. The SMILES string of the molecule is COc1cc(C2CCN(CC[C@H](CN(C)C(=O)c3cc(C#N)cc4ccccc34)c3ccc(Cl)c(Cl)c3)CC2)ccc1[S@@+](C)[O-].Cl. The van der Waals surface area contributed by atoms with Crippen LogP contribution in [-0.4, -0.2) is 66.9 Å². The van der Waals surface area contributed by atoms with Crippen LogP contribution in [0.25, 0.3) is 10.8 Å². The molecule has 4 aromatic carbocycles. The Kier molecular flexibility index (Phi) is 12.7. The number of amides is 1. The molecule has 0 saturated carbocycles. The van der Waals surface area contributed by atoms with Crippen molar-refractivity contribution < 1.29 is 14.1 Å². The Bertz CT molecular complexity index is 1720. The Morgan fingerprint density at radius 3 is 2.50 bits per heavy atom. The number of hydrogen-bond donors (Lipinski definition) is 0. The van der Waals surface area contributed by atoms with Gasteiger partial charge in [0.15, 0.2) is 10.6 Å². The molecule has 10 heteroatoms. The number of nitriles is 1. The van der Waals surface area contributed by atoms with Crippen LogP contribution in [0.4, 0.5) is 0 Å². The molecule has 1 fully saturated rings. The van der Waals surface area contributed by atoms with Crippen molar-refractivity contribution in [3.63, 3.8) is 0 Å². The third kappa shape index (κ3) is 8.30. The summed E-state index contributed by atoms with van der Waals surface area (Å²) in [5.74, 6) is 1.01. The van der Waals surface area contributed by atoms with Crippen LogP contribution in [0.15, 0.2) is 77.7 Å². The minimum Gasteiger partial charge on any atom is -0.612 e. The van der Waals surface area contributed by atoms with E-state index >= 15 is 0 Å². The van der Waals surface area contributed by atoms with Gasteiger partial charge < -0.3 is 19.1 Å². The molecule has 0 spiro atoms. The second kappa shape index (κ2) is 16.2. The number of rotatable bonds is 10. The Morgan fingerprint density at radius 1 is 1.09 bits per heavy atom. The van der Waals surface area contributed by atoms with Gasteiger partial charge in [0.1, 0.15) is 6.26 Å². The van der Waals surface area contributed by atoms with Crippen LogP contribution in [0.3, 0.4) is 0 Å².